The number of rotatable bonds is 3. The van der Waals surface area contributed by atoms with Crippen LogP contribution in [0.3, 0.4) is 0 Å². The van der Waals surface area contributed by atoms with Crippen LogP contribution in [0.5, 0.6) is 0 Å². The van der Waals surface area contributed by atoms with Crippen LogP contribution in [0.4, 0.5) is 0 Å². The van der Waals surface area contributed by atoms with Crippen LogP contribution in [0.1, 0.15) is 36.0 Å². The fourth-order valence-corrected chi connectivity index (χ4v) is 2.75. The molecule has 2 aromatic rings. The van der Waals surface area contributed by atoms with Gasteiger partial charge in [-0.05, 0) is 12.8 Å². The lowest BCUT2D eigenvalue weighted by Gasteiger charge is -2.27. The number of hydrogen-bond acceptors (Lipinski definition) is 4. The van der Waals surface area contributed by atoms with Crippen molar-refractivity contribution in [3.05, 3.63) is 30.4 Å². The molecule has 0 spiro atoms. The van der Waals surface area contributed by atoms with Crippen molar-refractivity contribution in [3.8, 4) is 0 Å². The number of amides is 1. The van der Waals surface area contributed by atoms with E-state index in [0.717, 1.165) is 25.7 Å². The fraction of sp³-hybridized carbons (Fsp3) is 0.500. The van der Waals surface area contributed by atoms with Crippen LogP contribution in [0.25, 0.3) is 5.52 Å². The molecular weight excluding hydrogens is 256 g/mol. The molecule has 1 fully saturated rings. The monoisotopic (exact) mass is 274 g/mol. The lowest BCUT2D eigenvalue weighted by molar-refractivity contribution is 0.0663. The third kappa shape index (κ3) is 2.51. The molecule has 0 unspecified atom stereocenters. The van der Waals surface area contributed by atoms with Gasteiger partial charge < -0.3 is 10.4 Å². The fourth-order valence-electron chi connectivity index (χ4n) is 2.75. The summed E-state index contributed by atoms with van der Waals surface area (Å²) in [4.78, 5) is 16.2. The number of aromatic nitrogens is 3. The molecule has 1 aliphatic rings. The van der Waals surface area contributed by atoms with E-state index in [1.807, 2.05) is 0 Å². The summed E-state index contributed by atoms with van der Waals surface area (Å²) in [6.45, 7) is 0.512. The van der Waals surface area contributed by atoms with E-state index in [4.69, 9.17) is 0 Å². The molecule has 2 N–H and O–H groups in total. The van der Waals surface area contributed by atoms with Crippen LogP contribution in [0.15, 0.2) is 24.8 Å². The van der Waals surface area contributed by atoms with Gasteiger partial charge in [0.1, 0.15) is 0 Å². The molecule has 2 heterocycles. The van der Waals surface area contributed by atoms with Crippen molar-refractivity contribution < 1.29 is 9.90 Å². The number of carbonyl (C=O) groups is 1. The van der Waals surface area contributed by atoms with E-state index in [0.29, 0.717) is 17.6 Å². The molecular formula is C14H18N4O2. The molecule has 0 saturated heterocycles. The third-order valence-corrected chi connectivity index (χ3v) is 3.96. The zero-order valence-electron chi connectivity index (χ0n) is 11.2. The predicted octanol–water partition coefficient (Wildman–Crippen LogP) is 1.01. The van der Waals surface area contributed by atoms with Gasteiger partial charge in [0.05, 0.1) is 29.6 Å². The number of carbonyl (C=O) groups excluding carboxylic acids is 1. The van der Waals surface area contributed by atoms with Crippen molar-refractivity contribution in [2.24, 2.45) is 5.92 Å². The Morgan fingerprint density at radius 2 is 2.25 bits per heavy atom. The second-order valence-electron chi connectivity index (χ2n) is 5.29. The minimum atomic E-state index is -0.297. The van der Waals surface area contributed by atoms with E-state index >= 15 is 0 Å². The summed E-state index contributed by atoms with van der Waals surface area (Å²) < 4.78 is 1.62. The van der Waals surface area contributed by atoms with Crippen LogP contribution in [0.2, 0.25) is 0 Å². The first kappa shape index (κ1) is 13.1. The van der Waals surface area contributed by atoms with Gasteiger partial charge in [0.25, 0.3) is 5.91 Å². The predicted molar refractivity (Wildman–Crippen MR) is 73.3 cm³/mol. The third-order valence-electron chi connectivity index (χ3n) is 3.96. The van der Waals surface area contributed by atoms with E-state index in [1.165, 1.54) is 0 Å². The van der Waals surface area contributed by atoms with E-state index in [-0.39, 0.29) is 17.9 Å². The topological polar surface area (TPSA) is 79.5 Å². The van der Waals surface area contributed by atoms with Crippen LogP contribution >= 0.6 is 0 Å². The second-order valence-corrected chi connectivity index (χ2v) is 5.29. The number of nitrogens with one attached hydrogen (secondary N) is 1. The van der Waals surface area contributed by atoms with Crippen LogP contribution < -0.4 is 5.32 Å². The first-order valence-electron chi connectivity index (χ1n) is 6.99. The highest BCUT2D eigenvalue weighted by Gasteiger charge is 2.24. The summed E-state index contributed by atoms with van der Waals surface area (Å²) in [6, 6.07) is 0. The Labute approximate surface area is 116 Å². The maximum Gasteiger partial charge on any atom is 0.255 e. The van der Waals surface area contributed by atoms with Crippen molar-refractivity contribution in [2.75, 3.05) is 6.54 Å². The molecule has 0 radical (unpaired) electrons. The normalized spacial score (nSPS) is 22.9. The van der Waals surface area contributed by atoms with Crippen molar-refractivity contribution in [1.29, 1.82) is 0 Å². The Bertz CT molecular complexity index is 610. The van der Waals surface area contributed by atoms with Crippen molar-refractivity contribution in [1.82, 2.24) is 19.9 Å². The van der Waals surface area contributed by atoms with Gasteiger partial charge in [-0.15, -0.1) is 0 Å². The van der Waals surface area contributed by atoms with Crippen molar-refractivity contribution >= 4 is 11.4 Å². The highest BCUT2D eigenvalue weighted by Crippen LogP contribution is 2.23. The summed E-state index contributed by atoms with van der Waals surface area (Å²) in [5, 5.41) is 16.9. The maximum atomic E-state index is 12.2. The van der Waals surface area contributed by atoms with Gasteiger partial charge in [0, 0.05) is 24.9 Å². The van der Waals surface area contributed by atoms with Crippen LogP contribution in [-0.2, 0) is 0 Å². The molecule has 1 amide bonds. The summed E-state index contributed by atoms with van der Waals surface area (Å²) in [6.07, 6.45) is 10.2. The molecule has 0 aromatic carbocycles. The minimum Gasteiger partial charge on any atom is -0.393 e. The van der Waals surface area contributed by atoms with Crippen molar-refractivity contribution in [3.63, 3.8) is 0 Å². The summed E-state index contributed by atoms with van der Waals surface area (Å²) >= 11 is 0. The molecule has 106 valence electrons. The van der Waals surface area contributed by atoms with E-state index in [2.05, 4.69) is 15.4 Å². The van der Waals surface area contributed by atoms with Crippen LogP contribution in [0, 0.1) is 5.92 Å². The summed E-state index contributed by atoms with van der Waals surface area (Å²) in [5.74, 6) is -0.00145. The Balaban J connectivity index is 1.67. The van der Waals surface area contributed by atoms with Gasteiger partial charge >= 0.3 is 0 Å². The van der Waals surface area contributed by atoms with Gasteiger partial charge in [-0.2, -0.15) is 5.10 Å². The Morgan fingerprint density at radius 1 is 1.40 bits per heavy atom. The lowest BCUT2D eigenvalue weighted by Crippen LogP contribution is -2.36. The van der Waals surface area contributed by atoms with Gasteiger partial charge in [-0.3, -0.25) is 9.78 Å². The zero-order chi connectivity index (χ0) is 13.9. The first-order valence-corrected chi connectivity index (χ1v) is 6.99. The van der Waals surface area contributed by atoms with E-state index in [9.17, 15) is 9.90 Å². The largest absolute Gasteiger partial charge is 0.393 e. The van der Waals surface area contributed by atoms with E-state index < -0.39 is 0 Å². The average Bonchev–Trinajstić information content (AvgIpc) is 2.90. The van der Waals surface area contributed by atoms with Crippen molar-refractivity contribution in [2.45, 2.75) is 31.8 Å². The SMILES string of the molecule is O=C(NC[C@@H]1CCCC[C@H]1O)c1cnn2ccncc12. The molecule has 20 heavy (non-hydrogen) atoms. The Kier molecular flexibility index (Phi) is 3.64. The highest BCUT2D eigenvalue weighted by atomic mass is 16.3. The Morgan fingerprint density at radius 3 is 3.10 bits per heavy atom. The molecule has 1 saturated carbocycles. The van der Waals surface area contributed by atoms with Gasteiger partial charge in [0.15, 0.2) is 0 Å². The molecule has 0 aliphatic heterocycles. The number of aliphatic hydroxyl groups is 1. The summed E-state index contributed by atoms with van der Waals surface area (Å²) in [5.41, 5.74) is 1.21. The number of aliphatic hydroxyl groups excluding tert-OH is 1. The molecule has 2 atom stereocenters. The summed E-state index contributed by atoms with van der Waals surface area (Å²) in [7, 11) is 0. The van der Waals surface area contributed by atoms with Gasteiger partial charge in [-0.25, -0.2) is 4.52 Å². The number of nitrogens with zero attached hydrogens (tertiary/aromatic N) is 3. The van der Waals surface area contributed by atoms with Crippen LogP contribution in [-0.4, -0.2) is 38.3 Å². The minimum absolute atomic E-state index is 0.160. The quantitative estimate of drug-likeness (QED) is 0.875. The molecule has 0 bridgehead atoms. The molecule has 2 aromatic heterocycles. The zero-order valence-corrected chi connectivity index (χ0v) is 11.2. The lowest BCUT2D eigenvalue weighted by atomic mass is 9.86. The Hall–Kier alpha value is -1.95. The van der Waals surface area contributed by atoms with E-state index in [1.54, 1.807) is 29.3 Å². The maximum absolute atomic E-state index is 12.2. The average molecular weight is 274 g/mol. The standard InChI is InChI=1S/C14H18N4O2/c19-13-4-2-1-3-10(13)7-16-14(20)11-8-17-18-6-5-15-9-12(11)18/h5-6,8-10,13,19H,1-4,7H2,(H,16,20)/t10-,13+/m0/s1. The first-order chi connectivity index (χ1) is 9.75. The second kappa shape index (κ2) is 5.58. The molecule has 3 rings (SSSR count). The smallest absolute Gasteiger partial charge is 0.255 e. The molecule has 6 heteroatoms. The highest BCUT2D eigenvalue weighted by molar-refractivity contribution is 6.00. The van der Waals surface area contributed by atoms with Gasteiger partial charge in [0.2, 0.25) is 0 Å². The number of hydrogen-bond donors (Lipinski definition) is 2. The number of fused-ring (bicyclic) bond motifs is 1. The molecule has 6 nitrogen and oxygen atoms in total. The molecule has 1 aliphatic carbocycles. The van der Waals surface area contributed by atoms with Gasteiger partial charge in [-0.1, -0.05) is 12.8 Å².